The van der Waals surface area contributed by atoms with Crippen LogP contribution in [-0.4, -0.2) is 12.1 Å². The van der Waals surface area contributed by atoms with Gasteiger partial charge in [0.15, 0.2) is 0 Å². The summed E-state index contributed by atoms with van der Waals surface area (Å²) in [6.45, 7) is 3.78. The van der Waals surface area contributed by atoms with E-state index in [2.05, 4.69) is 10.0 Å². The van der Waals surface area contributed by atoms with Crippen LogP contribution in [0.2, 0.25) is 0 Å². The molecule has 0 aliphatic carbocycles. The third-order valence-corrected chi connectivity index (χ3v) is 3.09. The fraction of sp³-hybridized carbons (Fsp3) is 0.500. The first-order valence-corrected chi connectivity index (χ1v) is 5.73. The minimum Gasteiger partial charge on any atom is -0.486 e. The van der Waals surface area contributed by atoms with Gasteiger partial charge in [0.1, 0.15) is 17.2 Å². The number of benzene rings is 1. The van der Waals surface area contributed by atoms with E-state index in [-0.39, 0.29) is 18.4 Å². The summed E-state index contributed by atoms with van der Waals surface area (Å²) in [4.78, 5) is 2.71. The molecular weight excluding hydrogens is 235 g/mol. The highest BCUT2D eigenvalue weighted by molar-refractivity contribution is 5.48. The summed E-state index contributed by atoms with van der Waals surface area (Å²) in [5, 5.41) is 3.51. The molecule has 1 aliphatic rings. The van der Waals surface area contributed by atoms with Crippen LogP contribution in [0.25, 0.3) is 10.4 Å². The molecule has 1 aromatic rings. The molecule has 6 heteroatoms. The second kappa shape index (κ2) is 4.48. The first-order chi connectivity index (χ1) is 8.47. The van der Waals surface area contributed by atoms with E-state index in [0.717, 1.165) is 5.56 Å². The molecule has 0 spiro atoms. The molecule has 5 nitrogen and oxygen atoms in total. The number of hydrogen-bond donors (Lipinski definition) is 1. The quantitative estimate of drug-likeness (QED) is 0.508. The SMILES string of the molecule is C[C@@H](N)c1ccc(F)c2c1OC(C)(CN=[N+]=[N-])C2. The molecule has 1 aliphatic heterocycles. The number of fused-ring (bicyclic) bond motifs is 1. The molecule has 0 aromatic heterocycles. The van der Waals surface area contributed by atoms with Gasteiger partial charge in [0.2, 0.25) is 0 Å². The molecule has 1 unspecified atom stereocenters. The highest BCUT2D eigenvalue weighted by Crippen LogP contribution is 2.41. The molecule has 2 N–H and O–H groups in total. The minimum absolute atomic E-state index is 0.163. The van der Waals surface area contributed by atoms with E-state index in [1.165, 1.54) is 6.07 Å². The lowest BCUT2D eigenvalue weighted by molar-refractivity contribution is 0.124. The molecular formula is C12H15FN4O. The normalized spacial score (nSPS) is 22.9. The Morgan fingerprint density at radius 1 is 1.67 bits per heavy atom. The Kier molecular flexibility index (Phi) is 3.15. The number of ether oxygens (including phenoxy) is 1. The fourth-order valence-corrected chi connectivity index (χ4v) is 2.19. The third kappa shape index (κ3) is 2.12. The molecule has 0 fully saturated rings. The highest BCUT2D eigenvalue weighted by Gasteiger charge is 2.37. The molecule has 1 aromatic carbocycles. The van der Waals surface area contributed by atoms with Gasteiger partial charge >= 0.3 is 0 Å². The Morgan fingerprint density at radius 2 is 2.39 bits per heavy atom. The van der Waals surface area contributed by atoms with E-state index in [1.807, 2.05) is 6.92 Å². The molecule has 0 radical (unpaired) electrons. The van der Waals surface area contributed by atoms with Crippen LogP contribution in [-0.2, 0) is 6.42 Å². The van der Waals surface area contributed by atoms with Gasteiger partial charge in [0.05, 0.1) is 6.54 Å². The zero-order valence-corrected chi connectivity index (χ0v) is 10.4. The van der Waals surface area contributed by atoms with Crippen molar-refractivity contribution < 1.29 is 9.13 Å². The van der Waals surface area contributed by atoms with Crippen molar-refractivity contribution in [2.75, 3.05) is 6.54 Å². The van der Waals surface area contributed by atoms with Crippen LogP contribution < -0.4 is 10.5 Å². The first-order valence-electron chi connectivity index (χ1n) is 5.73. The van der Waals surface area contributed by atoms with Crippen LogP contribution in [0.3, 0.4) is 0 Å². The van der Waals surface area contributed by atoms with Crippen molar-refractivity contribution in [3.05, 3.63) is 39.5 Å². The molecule has 18 heavy (non-hydrogen) atoms. The summed E-state index contributed by atoms with van der Waals surface area (Å²) >= 11 is 0. The summed E-state index contributed by atoms with van der Waals surface area (Å²) in [7, 11) is 0. The molecule has 0 saturated heterocycles. The van der Waals surface area contributed by atoms with Gasteiger partial charge in [0.25, 0.3) is 0 Å². The number of nitrogens with zero attached hydrogens (tertiary/aromatic N) is 3. The van der Waals surface area contributed by atoms with E-state index >= 15 is 0 Å². The largest absolute Gasteiger partial charge is 0.486 e. The number of rotatable bonds is 3. The number of azide groups is 1. The molecule has 1 heterocycles. The van der Waals surface area contributed by atoms with Crippen molar-refractivity contribution >= 4 is 0 Å². The lowest BCUT2D eigenvalue weighted by atomic mass is 9.97. The van der Waals surface area contributed by atoms with Gasteiger partial charge in [-0.2, -0.15) is 0 Å². The lowest BCUT2D eigenvalue weighted by Crippen LogP contribution is -2.33. The number of halogens is 1. The molecule has 2 atom stereocenters. The third-order valence-electron chi connectivity index (χ3n) is 3.09. The maximum atomic E-state index is 13.8. The van der Waals surface area contributed by atoms with Crippen molar-refractivity contribution in [3.8, 4) is 5.75 Å². The number of nitrogens with two attached hydrogens (primary N) is 1. The standard InChI is InChI=1S/C12H15FN4O/c1-7(14)8-3-4-10(13)9-5-12(2,6-16-17-15)18-11(8)9/h3-4,7H,5-6,14H2,1-2H3/t7-,12?/m1/s1. The second-order valence-corrected chi connectivity index (χ2v) is 4.85. The van der Waals surface area contributed by atoms with Gasteiger partial charge < -0.3 is 10.5 Å². The Labute approximate surface area is 104 Å². The smallest absolute Gasteiger partial charge is 0.131 e. The second-order valence-electron chi connectivity index (χ2n) is 4.85. The Balaban J connectivity index is 2.41. The van der Waals surface area contributed by atoms with E-state index in [0.29, 0.717) is 17.7 Å². The fourth-order valence-electron chi connectivity index (χ4n) is 2.19. The summed E-state index contributed by atoms with van der Waals surface area (Å²) in [6, 6.07) is 2.80. The van der Waals surface area contributed by atoms with Crippen LogP contribution >= 0.6 is 0 Å². The predicted octanol–water partition coefficient (Wildman–Crippen LogP) is 2.85. The maximum absolute atomic E-state index is 13.8. The topological polar surface area (TPSA) is 84.0 Å². The molecule has 0 bridgehead atoms. The van der Waals surface area contributed by atoms with Gasteiger partial charge in [-0.1, -0.05) is 11.2 Å². The van der Waals surface area contributed by atoms with Gasteiger partial charge in [-0.3, -0.25) is 0 Å². The van der Waals surface area contributed by atoms with Crippen molar-refractivity contribution in [2.24, 2.45) is 10.8 Å². The Hall–Kier alpha value is -1.78. The van der Waals surface area contributed by atoms with Crippen molar-refractivity contribution in [1.82, 2.24) is 0 Å². The zero-order valence-electron chi connectivity index (χ0n) is 10.4. The van der Waals surface area contributed by atoms with Crippen LogP contribution in [0, 0.1) is 5.82 Å². The highest BCUT2D eigenvalue weighted by atomic mass is 19.1. The summed E-state index contributed by atoms with van der Waals surface area (Å²) < 4.78 is 19.6. The van der Waals surface area contributed by atoms with E-state index in [1.54, 1.807) is 13.0 Å². The Bertz CT molecular complexity index is 525. The molecule has 96 valence electrons. The van der Waals surface area contributed by atoms with Gasteiger partial charge in [-0.25, -0.2) is 4.39 Å². The van der Waals surface area contributed by atoms with E-state index < -0.39 is 5.60 Å². The van der Waals surface area contributed by atoms with Gasteiger partial charge in [-0.15, -0.1) is 0 Å². The van der Waals surface area contributed by atoms with Crippen LogP contribution in [0.1, 0.15) is 31.0 Å². The maximum Gasteiger partial charge on any atom is 0.131 e. The van der Waals surface area contributed by atoms with E-state index in [4.69, 9.17) is 16.0 Å². The van der Waals surface area contributed by atoms with Crippen molar-refractivity contribution in [3.63, 3.8) is 0 Å². The van der Waals surface area contributed by atoms with Crippen molar-refractivity contribution in [1.29, 1.82) is 0 Å². The zero-order chi connectivity index (χ0) is 13.3. The van der Waals surface area contributed by atoms with E-state index in [9.17, 15) is 4.39 Å². The van der Waals surface area contributed by atoms with Crippen LogP contribution in [0.4, 0.5) is 4.39 Å². The Morgan fingerprint density at radius 3 is 3.00 bits per heavy atom. The van der Waals surface area contributed by atoms with Gasteiger partial charge in [0, 0.05) is 28.5 Å². The monoisotopic (exact) mass is 250 g/mol. The molecule has 2 rings (SSSR count). The van der Waals surface area contributed by atoms with Crippen LogP contribution in [0.15, 0.2) is 17.2 Å². The minimum atomic E-state index is -0.694. The molecule has 0 amide bonds. The average molecular weight is 250 g/mol. The first kappa shape index (κ1) is 12.7. The van der Waals surface area contributed by atoms with Crippen molar-refractivity contribution in [2.45, 2.75) is 31.9 Å². The lowest BCUT2D eigenvalue weighted by Gasteiger charge is -2.22. The molecule has 0 saturated carbocycles. The predicted molar refractivity (Wildman–Crippen MR) is 65.8 cm³/mol. The number of hydrogen-bond acceptors (Lipinski definition) is 3. The van der Waals surface area contributed by atoms with Gasteiger partial charge in [-0.05, 0) is 25.4 Å². The van der Waals surface area contributed by atoms with Crippen LogP contribution in [0.5, 0.6) is 5.75 Å². The summed E-state index contributed by atoms with van der Waals surface area (Å²) in [6.07, 6.45) is 0.383. The average Bonchev–Trinajstić information content (AvgIpc) is 2.66. The summed E-state index contributed by atoms with van der Waals surface area (Å²) in [5.41, 5.74) is 14.8. The summed E-state index contributed by atoms with van der Waals surface area (Å²) in [5.74, 6) is 0.194.